The van der Waals surface area contributed by atoms with Crippen LogP contribution < -0.4 is 4.74 Å². The van der Waals surface area contributed by atoms with Crippen LogP contribution >= 0.6 is 0 Å². The van der Waals surface area contributed by atoms with Gasteiger partial charge in [0.2, 0.25) is 5.91 Å². The van der Waals surface area contributed by atoms with E-state index < -0.39 is 5.97 Å². The van der Waals surface area contributed by atoms with Crippen LogP contribution in [0.5, 0.6) is 5.75 Å². The highest BCUT2D eigenvalue weighted by Gasteiger charge is 2.32. The Hall–Kier alpha value is -2.08. The quantitative estimate of drug-likeness (QED) is 0.815. The fourth-order valence-electron chi connectivity index (χ4n) is 3.59. The van der Waals surface area contributed by atoms with E-state index in [2.05, 4.69) is 4.90 Å². The molecule has 0 aromatic heterocycles. The van der Waals surface area contributed by atoms with Crippen LogP contribution in [0.1, 0.15) is 24.8 Å². The molecular formula is C19H28N2O4. The minimum atomic E-state index is -0.780. The van der Waals surface area contributed by atoms with Crippen molar-refractivity contribution >= 4 is 11.9 Å². The van der Waals surface area contributed by atoms with Gasteiger partial charge in [0.05, 0.1) is 13.5 Å². The van der Waals surface area contributed by atoms with Crippen LogP contribution in [-0.2, 0) is 16.0 Å². The first-order chi connectivity index (χ1) is 11.9. The van der Waals surface area contributed by atoms with E-state index in [4.69, 9.17) is 9.84 Å². The average Bonchev–Trinajstić information content (AvgIpc) is 2.59. The van der Waals surface area contributed by atoms with Gasteiger partial charge in [-0.25, -0.2) is 0 Å². The molecular weight excluding hydrogens is 320 g/mol. The monoisotopic (exact) mass is 348 g/mol. The van der Waals surface area contributed by atoms with Gasteiger partial charge in [-0.05, 0) is 50.6 Å². The zero-order chi connectivity index (χ0) is 18.4. The molecule has 6 heteroatoms. The molecule has 6 nitrogen and oxygen atoms in total. The molecule has 0 bridgehead atoms. The summed E-state index contributed by atoms with van der Waals surface area (Å²) in [4.78, 5) is 27.6. The summed E-state index contributed by atoms with van der Waals surface area (Å²) in [5.74, 6) is 0.244. The highest BCUT2D eigenvalue weighted by atomic mass is 16.5. The summed E-state index contributed by atoms with van der Waals surface area (Å²) in [6.45, 7) is 1.34. The number of piperidine rings is 1. The van der Waals surface area contributed by atoms with E-state index in [-0.39, 0.29) is 18.2 Å². The summed E-state index contributed by atoms with van der Waals surface area (Å²) in [7, 11) is 5.65. The number of hydrogen-bond acceptors (Lipinski definition) is 4. The van der Waals surface area contributed by atoms with Gasteiger partial charge >= 0.3 is 5.97 Å². The van der Waals surface area contributed by atoms with Crippen molar-refractivity contribution in [1.29, 1.82) is 0 Å². The predicted octanol–water partition coefficient (Wildman–Crippen LogP) is 1.88. The van der Waals surface area contributed by atoms with Crippen LogP contribution in [-0.4, -0.2) is 67.1 Å². The number of benzene rings is 1. The maximum Gasteiger partial charge on any atom is 0.303 e. The van der Waals surface area contributed by atoms with Crippen LogP contribution in [0.3, 0.4) is 0 Å². The molecule has 25 heavy (non-hydrogen) atoms. The predicted molar refractivity (Wildman–Crippen MR) is 95.7 cm³/mol. The molecule has 1 aliphatic rings. The van der Waals surface area contributed by atoms with Crippen LogP contribution in [0.15, 0.2) is 24.3 Å². The first-order valence-electron chi connectivity index (χ1n) is 8.69. The van der Waals surface area contributed by atoms with Gasteiger partial charge in [0.25, 0.3) is 0 Å². The largest absolute Gasteiger partial charge is 0.497 e. The van der Waals surface area contributed by atoms with Gasteiger partial charge in [0.1, 0.15) is 5.75 Å². The number of carbonyl (C=O) groups excluding carboxylic acids is 1. The fraction of sp³-hybridized carbons (Fsp3) is 0.579. The highest BCUT2D eigenvalue weighted by Crippen LogP contribution is 2.25. The Morgan fingerprint density at radius 2 is 2.12 bits per heavy atom. The standard InChI is InChI=1S/C19H28N2O4/c1-20(2)17-9-10-21(13-15(17)7-8-19(23)24)18(22)12-14-5-4-6-16(11-14)25-3/h4-6,11,15,17H,7-10,12-13H2,1-3H3,(H,23,24)/t15-,17+/m0/s1. The molecule has 138 valence electrons. The van der Waals surface area contributed by atoms with E-state index >= 15 is 0 Å². The molecule has 1 saturated heterocycles. The van der Waals surface area contributed by atoms with Crippen molar-refractivity contribution in [3.8, 4) is 5.75 Å². The van der Waals surface area contributed by atoms with Crippen molar-refractivity contribution in [1.82, 2.24) is 9.80 Å². The maximum absolute atomic E-state index is 12.7. The summed E-state index contributed by atoms with van der Waals surface area (Å²) in [5, 5.41) is 8.98. The van der Waals surface area contributed by atoms with Crippen molar-refractivity contribution in [2.75, 3.05) is 34.3 Å². The number of methoxy groups -OCH3 is 1. The van der Waals surface area contributed by atoms with Crippen LogP contribution in [0.2, 0.25) is 0 Å². The highest BCUT2D eigenvalue weighted by molar-refractivity contribution is 5.79. The lowest BCUT2D eigenvalue weighted by Crippen LogP contribution is -2.51. The molecule has 1 aromatic rings. The number of likely N-dealkylation sites (tertiary alicyclic amines) is 1. The van der Waals surface area contributed by atoms with Crippen LogP contribution in [0, 0.1) is 5.92 Å². The molecule has 0 aliphatic carbocycles. The summed E-state index contributed by atoms with van der Waals surface area (Å²) >= 11 is 0. The van der Waals surface area contributed by atoms with Gasteiger partial charge in [0, 0.05) is 25.6 Å². The number of rotatable bonds is 7. The minimum absolute atomic E-state index is 0.0887. The Morgan fingerprint density at radius 3 is 2.76 bits per heavy atom. The molecule has 1 amide bonds. The first-order valence-corrected chi connectivity index (χ1v) is 8.69. The SMILES string of the molecule is COc1cccc(CC(=O)N2CC[C@@H](N(C)C)[C@@H](CCC(=O)O)C2)c1. The molecule has 1 N–H and O–H groups in total. The van der Waals surface area contributed by atoms with Crippen LogP contribution in [0.25, 0.3) is 0 Å². The lowest BCUT2D eigenvalue weighted by Gasteiger charge is -2.41. The lowest BCUT2D eigenvalue weighted by molar-refractivity contribution is -0.137. The zero-order valence-corrected chi connectivity index (χ0v) is 15.3. The summed E-state index contributed by atoms with van der Waals surface area (Å²) in [6.07, 6.45) is 1.96. The molecule has 0 saturated carbocycles. The Morgan fingerprint density at radius 1 is 1.36 bits per heavy atom. The third-order valence-electron chi connectivity index (χ3n) is 4.93. The molecule has 2 rings (SSSR count). The smallest absolute Gasteiger partial charge is 0.303 e. The molecule has 1 heterocycles. The molecule has 1 aromatic carbocycles. The Balaban J connectivity index is 2.00. The first kappa shape index (κ1) is 19.2. The van der Waals surface area contributed by atoms with Crippen molar-refractivity contribution in [3.63, 3.8) is 0 Å². The molecule has 0 unspecified atom stereocenters. The van der Waals surface area contributed by atoms with E-state index in [1.165, 1.54) is 0 Å². The van der Waals surface area contributed by atoms with Gasteiger partial charge in [0.15, 0.2) is 0 Å². The second kappa shape index (κ2) is 8.85. The second-order valence-electron chi connectivity index (χ2n) is 6.88. The number of carboxylic acids is 1. The van der Waals surface area contributed by atoms with Crippen molar-refractivity contribution in [2.45, 2.75) is 31.7 Å². The number of carboxylic acid groups (broad SMARTS) is 1. The minimum Gasteiger partial charge on any atom is -0.497 e. The molecule has 0 spiro atoms. The summed E-state index contributed by atoms with van der Waals surface area (Å²) in [6, 6.07) is 7.87. The number of ether oxygens (including phenoxy) is 1. The number of amides is 1. The number of aliphatic carboxylic acids is 1. The van der Waals surface area contributed by atoms with Gasteiger partial charge in [-0.15, -0.1) is 0 Å². The molecule has 1 aliphatic heterocycles. The number of nitrogens with zero attached hydrogens (tertiary/aromatic N) is 2. The van der Waals surface area contributed by atoms with Crippen molar-refractivity contribution in [2.24, 2.45) is 5.92 Å². The maximum atomic E-state index is 12.7. The fourth-order valence-corrected chi connectivity index (χ4v) is 3.59. The lowest BCUT2D eigenvalue weighted by atomic mass is 9.87. The number of hydrogen-bond donors (Lipinski definition) is 1. The van der Waals surface area contributed by atoms with E-state index in [0.29, 0.717) is 25.4 Å². The van der Waals surface area contributed by atoms with E-state index in [0.717, 1.165) is 24.3 Å². The van der Waals surface area contributed by atoms with E-state index in [1.807, 2.05) is 43.3 Å². The number of carbonyl (C=O) groups is 2. The third-order valence-corrected chi connectivity index (χ3v) is 4.93. The van der Waals surface area contributed by atoms with E-state index in [1.54, 1.807) is 7.11 Å². The summed E-state index contributed by atoms with van der Waals surface area (Å²) in [5.41, 5.74) is 0.932. The third kappa shape index (κ3) is 5.46. The zero-order valence-electron chi connectivity index (χ0n) is 15.3. The second-order valence-corrected chi connectivity index (χ2v) is 6.88. The van der Waals surface area contributed by atoms with Gasteiger partial charge < -0.3 is 19.6 Å². The normalized spacial score (nSPS) is 20.6. The van der Waals surface area contributed by atoms with Crippen LogP contribution in [0.4, 0.5) is 0 Å². The van der Waals surface area contributed by atoms with Gasteiger partial charge in [-0.1, -0.05) is 12.1 Å². The van der Waals surface area contributed by atoms with Gasteiger partial charge in [-0.2, -0.15) is 0 Å². The Labute approximate surface area is 149 Å². The average molecular weight is 348 g/mol. The topological polar surface area (TPSA) is 70.1 Å². The Bertz CT molecular complexity index is 603. The molecule has 1 fully saturated rings. The molecule has 0 radical (unpaired) electrons. The molecule has 2 atom stereocenters. The van der Waals surface area contributed by atoms with Crippen molar-refractivity contribution in [3.05, 3.63) is 29.8 Å². The van der Waals surface area contributed by atoms with E-state index in [9.17, 15) is 9.59 Å². The Kier molecular flexibility index (Phi) is 6.82. The van der Waals surface area contributed by atoms with Crippen molar-refractivity contribution < 1.29 is 19.4 Å². The van der Waals surface area contributed by atoms with Gasteiger partial charge in [-0.3, -0.25) is 9.59 Å². The summed E-state index contributed by atoms with van der Waals surface area (Å²) < 4.78 is 5.21.